The molecule has 3 heteroatoms. The predicted octanol–water partition coefficient (Wildman–Crippen LogP) is 2.26. The third kappa shape index (κ3) is 3.18. The fourth-order valence-electron chi connectivity index (χ4n) is 1.76. The van der Waals surface area contributed by atoms with E-state index < -0.39 is 0 Å². The van der Waals surface area contributed by atoms with Crippen molar-refractivity contribution in [2.45, 2.75) is 33.1 Å². The van der Waals surface area contributed by atoms with E-state index in [-0.39, 0.29) is 11.8 Å². The lowest BCUT2D eigenvalue weighted by Gasteiger charge is -2.22. The molecule has 1 saturated heterocycles. The average Bonchev–Trinajstić information content (AvgIpc) is 2.25. The minimum absolute atomic E-state index is 0.0827. The van der Waals surface area contributed by atoms with Crippen molar-refractivity contribution >= 4 is 17.5 Å². The summed E-state index contributed by atoms with van der Waals surface area (Å²) < 4.78 is 0. The second-order valence-corrected chi connectivity index (χ2v) is 4.80. The molecule has 0 unspecified atom stereocenters. The van der Waals surface area contributed by atoms with Gasteiger partial charge in [0.15, 0.2) is 0 Å². The van der Waals surface area contributed by atoms with Gasteiger partial charge in [-0.25, -0.2) is 0 Å². The minimum Gasteiger partial charge on any atom is -0.342 e. The van der Waals surface area contributed by atoms with Crippen LogP contribution >= 0.6 is 11.6 Å². The van der Waals surface area contributed by atoms with Crippen LogP contribution in [0.15, 0.2) is 0 Å². The van der Waals surface area contributed by atoms with Crippen LogP contribution in [0.2, 0.25) is 0 Å². The van der Waals surface area contributed by atoms with Crippen molar-refractivity contribution < 1.29 is 4.79 Å². The van der Waals surface area contributed by atoms with Crippen LogP contribution in [-0.4, -0.2) is 29.8 Å². The molecule has 0 spiro atoms. The number of hydrogen-bond donors (Lipinski definition) is 0. The van der Waals surface area contributed by atoms with Crippen molar-refractivity contribution in [3.8, 4) is 0 Å². The predicted molar refractivity (Wildman–Crippen MR) is 54.9 cm³/mol. The first-order chi connectivity index (χ1) is 6.05. The van der Waals surface area contributed by atoms with Gasteiger partial charge in [0, 0.05) is 13.1 Å². The van der Waals surface area contributed by atoms with E-state index in [0.29, 0.717) is 5.41 Å². The lowest BCUT2D eigenvalue weighted by molar-refractivity contribution is -0.128. The summed E-state index contributed by atoms with van der Waals surface area (Å²) in [6.45, 7) is 6.29. The van der Waals surface area contributed by atoms with Gasteiger partial charge in [-0.2, -0.15) is 0 Å². The Labute approximate surface area is 85.2 Å². The molecule has 0 atom stereocenters. The molecule has 1 aliphatic heterocycles. The Balaban J connectivity index is 2.49. The van der Waals surface area contributed by atoms with Crippen LogP contribution in [0.4, 0.5) is 0 Å². The van der Waals surface area contributed by atoms with Crippen molar-refractivity contribution in [3.63, 3.8) is 0 Å². The molecule has 0 aromatic heterocycles. The fraction of sp³-hybridized carbons (Fsp3) is 0.900. The summed E-state index contributed by atoms with van der Waals surface area (Å²) in [4.78, 5) is 13.2. The number of halogens is 1. The number of alkyl halides is 1. The lowest BCUT2D eigenvalue weighted by Crippen LogP contribution is -2.33. The molecule has 0 N–H and O–H groups in total. The van der Waals surface area contributed by atoms with Crippen LogP contribution in [-0.2, 0) is 4.79 Å². The quantitative estimate of drug-likeness (QED) is 0.599. The molecule has 1 rings (SSSR count). The van der Waals surface area contributed by atoms with Crippen molar-refractivity contribution in [3.05, 3.63) is 0 Å². The molecule has 1 heterocycles. The molecular formula is C10H18ClNO. The zero-order valence-corrected chi connectivity index (χ0v) is 9.23. The third-order valence-electron chi connectivity index (χ3n) is 2.81. The minimum atomic E-state index is 0.0827. The summed E-state index contributed by atoms with van der Waals surface area (Å²) in [5, 5.41) is 0. The first-order valence-corrected chi connectivity index (χ1v) is 5.42. The Morgan fingerprint density at radius 1 is 1.38 bits per heavy atom. The number of carbonyl (C=O) groups is 1. The maximum Gasteiger partial charge on any atom is 0.237 e. The topological polar surface area (TPSA) is 20.3 Å². The first kappa shape index (κ1) is 10.8. The summed E-state index contributed by atoms with van der Waals surface area (Å²) >= 11 is 5.52. The molecule has 0 bridgehead atoms. The Bertz CT molecular complexity index is 191. The Kier molecular flexibility index (Phi) is 3.60. The number of likely N-dealkylation sites (tertiary alicyclic amines) is 1. The number of hydrogen-bond acceptors (Lipinski definition) is 1. The average molecular weight is 204 g/mol. The van der Waals surface area contributed by atoms with E-state index in [1.807, 2.05) is 4.90 Å². The summed E-state index contributed by atoms with van der Waals surface area (Å²) in [6.07, 6.45) is 3.41. The SMILES string of the molecule is CC1(C)CCCN(C(=O)CCl)CC1. The van der Waals surface area contributed by atoms with Crippen LogP contribution < -0.4 is 0 Å². The van der Waals surface area contributed by atoms with Gasteiger partial charge >= 0.3 is 0 Å². The van der Waals surface area contributed by atoms with Crippen LogP contribution in [0.3, 0.4) is 0 Å². The van der Waals surface area contributed by atoms with Gasteiger partial charge in [0.1, 0.15) is 5.88 Å². The summed E-state index contributed by atoms with van der Waals surface area (Å²) in [7, 11) is 0. The molecule has 13 heavy (non-hydrogen) atoms. The summed E-state index contributed by atoms with van der Waals surface area (Å²) in [5.41, 5.74) is 0.390. The van der Waals surface area contributed by atoms with E-state index in [0.717, 1.165) is 25.9 Å². The molecule has 76 valence electrons. The van der Waals surface area contributed by atoms with Crippen molar-refractivity contribution in [2.75, 3.05) is 19.0 Å². The summed E-state index contributed by atoms with van der Waals surface area (Å²) in [6, 6.07) is 0. The van der Waals surface area contributed by atoms with E-state index in [9.17, 15) is 4.79 Å². The highest BCUT2D eigenvalue weighted by Gasteiger charge is 2.24. The van der Waals surface area contributed by atoms with Crippen LogP contribution in [0.5, 0.6) is 0 Å². The van der Waals surface area contributed by atoms with Gasteiger partial charge in [0.2, 0.25) is 5.91 Å². The fourth-order valence-corrected chi connectivity index (χ4v) is 1.93. The van der Waals surface area contributed by atoms with Crippen molar-refractivity contribution in [2.24, 2.45) is 5.41 Å². The van der Waals surface area contributed by atoms with Gasteiger partial charge in [0.05, 0.1) is 0 Å². The molecule has 1 aliphatic rings. The molecule has 0 radical (unpaired) electrons. The van der Waals surface area contributed by atoms with Gasteiger partial charge < -0.3 is 4.90 Å². The largest absolute Gasteiger partial charge is 0.342 e. The van der Waals surface area contributed by atoms with E-state index in [1.165, 1.54) is 6.42 Å². The van der Waals surface area contributed by atoms with E-state index in [2.05, 4.69) is 13.8 Å². The van der Waals surface area contributed by atoms with Gasteiger partial charge in [-0.15, -0.1) is 11.6 Å². The Hall–Kier alpha value is -0.240. The highest BCUT2D eigenvalue weighted by molar-refractivity contribution is 6.27. The van der Waals surface area contributed by atoms with E-state index in [1.54, 1.807) is 0 Å². The van der Waals surface area contributed by atoms with Crippen molar-refractivity contribution in [1.29, 1.82) is 0 Å². The highest BCUT2D eigenvalue weighted by Crippen LogP contribution is 2.29. The van der Waals surface area contributed by atoms with Gasteiger partial charge in [-0.1, -0.05) is 13.8 Å². The van der Waals surface area contributed by atoms with Crippen LogP contribution in [0.1, 0.15) is 33.1 Å². The highest BCUT2D eigenvalue weighted by atomic mass is 35.5. The lowest BCUT2D eigenvalue weighted by atomic mass is 9.85. The number of amides is 1. The van der Waals surface area contributed by atoms with Gasteiger partial charge in [0.25, 0.3) is 0 Å². The zero-order valence-electron chi connectivity index (χ0n) is 8.48. The smallest absolute Gasteiger partial charge is 0.237 e. The maximum absolute atomic E-state index is 11.3. The van der Waals surface area contributed by atoms with E-state index >= 15 is 0 Å². The first-order valence-electron chi connectivity index (χ1n) is 4.89. The van der Waals surface area contributed by atoms with Crippen LogP contribution in [0.25, 0.3) is 0 Å². The second-order valence-electron chi connectivity index (χ2n) is 4.53. The zero-order chi connectivity index (χ0) is 9.90. The second kappa shape index (κ2) is 4.32. The molecule has 0 aromatic rings. The molecular weight excluding hydrogens is 186 g/mol. The number of nitrogens with zero attached hydrogens (tertiary/aromatic N) is 1. The maximum atomic E-state index is 11.3. The normalized spacial score (nSPS) is 22.5. The Morgan fingerprint density at radius 3 is 2.69 bits per heavy atom. The monoisotopic (exact) mass is 203 g/mol. The van der Waals surface area contributed by atoms with Gasteiger partial charge in [-0.05, 0) is 24.7 Å². The molecule has 1 fully saturated rings. The molecule has 2 nitrogen and oxygen atoms in total. The molecule has 1 amide bonds. The third-order valence-corrected chi connectivity index (χ3v) is 3.04. The van der Waals surface area contributed by atoms with Crippen molar-refractivity contribution in [1.82, 2.24) is 4.90 Å². The Morgan fingerprint density at radius 2 is 2.08 bits per heavy atom. The molecule has 0 aromatic carbocycles. The van der Waals surface area contributed by atoms with Crippen LogP contribution in [0, 0.1) is 5.41 Å². The standard InChI is InChI=1S/C10H18ClNO/c1-10(2)4-3-6-12(7-5-10)9(13)8-11/h3-8H2,1-2H3. The summed E-state index contributed by atoms with van der Waals surface area (Å²) in [5.74, 6) is 0.208. The molecule has 0 saturated carbocycles. The van der Waals surface area contributed by atoms with Gasteiger partial charge in [-0.3, -0.25) is 4.79 Å². The number of rotatable bonds is 1. The van der Waals surface area contributed by atoms with E-state index in [4.69, 9.17) is 11.6 Å². The number of carbonyl (C=O) groups excluding carboxylic acids is 1. The molecule has 0 aliphatic carbocycles.